The van der Waals surface area contributed by atoms with Crippen molar-refractivity contribution in [2.24, 2.45) is 0 Å². The van der Waals surface area contributed by atoms with E-state index in [4.69, 9.17) is 4.74 Å². The first kappa shape index (κ1) is 15.3. The largest absolute Gasteiger partial charge is 0.383 e. The zero-order chi connectivity index (χ0) is 14.6. The number of ether oxygens (including phenoxy) is 1. The molecule has 0 radical (unpaired) electrons. The van der Waals surface area contributed by atoms with Crippen LogP contribution in [0.3, 0.4) is 0 Å². The maximum absolute atomic E-state index is 5.04. The molecule has 1 aromatic rings. The first-order valence-corrected chi connectivity index (χ1v) is 7.61. The molecule has 0 atom stereocenters. The molecule has 0 unspecified atom stereocenters. The monoisotopic (exact) mass is 276 g/mol. The average Bonchev–Trinajstić information content (AvgIpc) is 2.75. The lowest BCUT2D eigenvalue weighted by atomic mass is 10.00. The van der Waals surface area contributed by atoms with Crippen molar-refractivity contribution in [3.8, 4) is 0 Å². The highest BCUT2D eigenvalue weighted by Gasteiger charge is 2.32. The number of rotatable bonds is 6. The van der Waals surface area contributed by atoms with Gasteiger partial charge in [0, 0.05) is 38.0 Å². The zero-order valence-corrected chi connectivity index (χ0v) is 13.3. The van der Waals surface area contributed by atoms with Gasteiger partial charge in [0.1, 0.15) is 0 Å². The van der Waals surface area contributed by atoms with Gasteiger partial charge < -0.3 is 15.0 Å². The van der Waals surface area contributed by atoms with Gasteiger partial charge in [-0.2, -0.15) is 0 Å². The molecule has 1 aromatic carbocycles. The Labute approximate surface area is 123 Å². The average molecular weight is 276 g/mol. The highest BCUT2D eigenvalue weighted by atomic mass is 16.5. The minimum absolute atomic E-state index is 0.295. The molecule has 1 N–H and O–H groups in total. The number of nitrogens with one attached hydrogen (secondary N) is 1. The van der Waals surface area contributed by atoms with Crippen molar-refractivity contribution in [1.82, 2.24) is 5.32 Å². The van der Waals surface area contributed by atoms with E-state index >= 15 is 0 Å². The van der Waals surface area contributed by atoms with E-state index in [-0.39, 0.29) is 0 Å². The fraction of sp³-hybridized carbons (Fsp3) is 0.647. The second-order valence-corrected chi connectivity index (χ2v) is 6.36. The van der Waals surface area contributed by atoms with E-state index in [0.29, 0.717) is 5.54 Å². The lowest BCUT2D eigenvalue weighted by Gasteiger charge is -2.35. The number of nitrogens with zero attached hydrogens (tertiary/aromatic N) is 1. The number of aryl methyl sites for hydroxylation is 1. The summed E-state index contributed by atoms with van der Waals surface area (Å²) < 4.78 is 5.04. The van der Waals surface area contributed by atoms with E-state index in [0.717, 1.165) is 19.7 Å². The fourth-order valence-electron chi connectivity index (χ4n) is 3.09. The van der Waals surface area contributed by atoms with Crippen molar-refractivity contribution >= 4 is 5.69 Å². The second kappa shape index (κ2) is 6.59. The summed E-state index contributed by atoms with van der Waals surface area (Å²) in [7, 11) is 1.73. The minimum Gasteiger partial charge on any atom is -0.383 e. The van der Waals surface area contributed by atoms with Gasteiger partial charge in [0.15, 0.2) is 0 Å². The Balaban J connectivity index is 2.02. The Hall–Kier alpha value is -1.06. The third kappa shape index (κ3) is 3.53. The highest BCUT2D eigenvalue weighted by molar-refractivity contribution is 5.57. The van der Waals surface area contributed by atoms with Crippen LogP contribution in [0.25, 0.3) is 0 Å². The Morgan fingerprint density at radius 1 is 1.35 bits per heavy atom. The first-order chi connectivity index (χ1) is 9.54. The summed E-state index contributed by atoms with van der Waals surface area (Å²) in [6.07, 6.45) is 2.58. The molecule has 3 heteroatoms. The molecular weight excluding hydrogens is 248 g/mol. The Morgan fingerprint density at radius 3 is 2.75 bits per heavy atom. The summed E-state index contributed by atoms with van der Waals surface area (Å²) in [5.41, 5.74) is 4.42. The van der Waals surface area contributed by atoms with Crippen molar-refractivity contribution in [3.63, 3.8) is 0 Å². The molecule has 1 saturated heterocycles. The van der Waals surface area contributed by atoms with E-state index in [1.54, 1.807) is 7.11 Å². The molecule has 1 fully saturated rings. The van der Waals surface area contributed by atoms with Crippen LogP contribution in [-0.2, 0) is 11.3 Å². The molecule has 20 heavy (non-hydrogen) atoms. The minimum atomic E-state index is 0.295. The molecule has 0 spiro atoms. The predicted octanol–water partition coefficient (Wildman–Crippen LogP) is 3.11. The summed E-state index contributed by atoms with van der Waals surface area (Å²) >= 11 is 0. The van der Waals surface area contributed by atoms with Crippen LogP contribution in [-0.4, -0.2) is 32.3 Å². The summed E-state index contributed by atoms with van der Waals surface area (Å²) in [5, 5.41) is 3.40. The van der Waals surface area contributed by atoms with E-state index < -0.39 is 0 Å². The molecule has 1 aliphatic rings. The van der Waals surface area contributed by atoms with Crippen molar-refractivity contribution in [2.75, 3.05) is 31.7 Å². The molecule has 0 aromatic heterocycles. The molecule has 3 nitrogen and oxygen atoms in total. The Bertz CT molecular complexity index is 443. The van der Waals surface area contributed by atoms with Gasteiger partial charge in [0.25, 0.3) is 0 Å². The van der Waals surface area contributed by atoms with Gasteiger partial charge in [-0.3, -0.25) is 0 Å². The summed E-state index contributed by atoms with van der Waals surface area (Å²) in [6.45, 7) is 10.7. The molecule has 0 amide bonds. The number of benzene rings is 1. The summed E-state index contributed by atoms with van der Waals surface area (Å²) in [6, 6.07) is 6.84. The van der Waals surface area contributed by atoms with Crippen molar-refractivity contribution in [1.29, 1.82) is 0 Å². The third-order valence-electron chi connectivity index (χ3n) is 4.27. The van der Waals surface area contributed by atoms with Crippen LogP contribution in [0.2, 0.25) is 0 Å². The SMILES string of the molecule is COCCNCc1ccc(N2CCCC2(C)C)c(C)c1. The lowest BCUT2D eigenvalue weighted by Crippen LogP contribution is -2.38. The van der Waals surface area contributed by atoms with Crippen LogP contribution >= 0.6 is 0 Å². The maximum atomic E-state index is 5.04. The lowest BCUT2D eigenvalue weighted by molar-refractivity contribution is 0.199. The van der Waals surface area contributed by atoms with E-state index in [2.05, 4.69) is 49.2 Å². The number of hydrogen-bond acceptors (Lipinski definition) is 3. The predicted molar refractivity (Wildman–Crippen MR) is 85.4 cm³/mol. The third-order valence-corrected chi connectivity index (χ3v) is 4.27. The van der Waals surface area contributed by atoms with E-state index in [1.807, 2.05) is 0 Å². The van der Waals surface area contributed by atoms with Gasteiger partial charge in [-0.25, -0.2) is 0 Å². The molecule has 0 saturated carbocycles. The van der Waals surface area contributed by atoms with Crippen LogP contribution in [0.4, 0.5) is 5.69 Å². The number of anilines is 1. The molecule has 0 bridgehead atoms. The van der Waals surface area contributed by atoms with Gasteiger partial charge in [-0.1, -0.05) is 12.1 Å². The number of methoxy groups -OCH3 is 1. The van der Waals surface area contributed by atoms with Gasteiger partial charge in [-0.15, -0.1) is 0 Å². The summed E-state index contributed by atoms with van der Waals surface area (Å²) in [5.74, 6) is 0. The van der Waals surface area contributed by atoms with Crippen molar-refractivity contribution in [2.45, 2.75) is 45.7 Å². The fourth-order valence-corrected chi connectivity index (χ4v) is 3.09. The van der Waals surface area contributed by atoms with E-state index in [9.17, 15) is 0 Å². The van der Waals surface area contributed by atoms with Crippen LogP contribution < -0.4 is 10.2 Å². The van der Waals surface area contributed by atoms with Crippen LogP contribution in [0.1, 0.15) is 37.8 Å². The highest BCUT2D eigenvalue weighted by Crippen LogP contribution is 2.35. The van der Waals surface area contributed by atoms with Crippen molar-refractivity contribution < 1.29 is 4.74 Å². The quantitative estimate of drug-likeness (QED) is 0.808. The molecule has 112 valence electrons. The van der Waals surface area contributed by atoms with Gasteiger partial charge >= 0.3 is 0 Å². The Kier molecular flexibility index (Phi) is 5.06. The molecule has 2 rings (SSSR count). The van der Waals surface area contributed by atoms with Crippen LogP contribution in [0.5, 0.6) is 0 Å². The smallest absolute Gasteiger partial charge is 0.0587 e. The van der Waals surface area contributed by atoms with Crippen molar-refractivity contribution in [3.05, 3.63) is 29.3 Å². The molecular formula is C17H28N2O. The molecule has 1 heterocycles. The van der Waals surface area contributed by atoms with Crippen LogP contribution in [0.15, 0.2) is 18.2 Å². The topological polar surface area (TPSA) is 24.5 Å². The van der Waals surface area contributed by atoms with Gasteiger partial charge in [-0.05, 0) is 50.8 Å². The standard InChI is InChI=1S/C17H28N2O/c1-14-12-15(13-18-9-11-20-4)6-7-16(14)19-10-5-8-17(19,2)3/h6-7,12,18H,5,8-11,13H2,1-4H3. The summed E-state index contributed by atoms with van der Waals surface area (Å²) in [4.78, 5) is 2.56. The maximum Gasteiger partial charge on any atom is 0.0587 e. The van der Waals surface area contributed by atoms with Crippen LogP contribution in [0, 0.1) is 6.92 Å². The van der Waals surface area contributed by atoms with E-state index in [1.165, 1.54) is 36.2 Å². The van der Waals surface area contributed by atoms with Gasteiger partial charge in [0.05, 0.1) is 6.61 Å². The van der Waals surface area contributed by atoms with Gasteiger partial charge in [0.2, 0.25) is 0 Å². The normalized spacial score (nSPS) is 17.7. The first-order valence-electron chi connectivity index (χ1n) is 7.61. The molecule has 1 aliphatic heterocycles. The second-order valence-electron chi connectivity index (χ2n) is 6.36. The Morgan fingerprint density at radius 2 is 2.15 bits per heavy atom. The number of hydrogen-bond donors (Lipinski definition) is 1. The molecule has 0 aliphatic carbocycles. The zero-order valence-electron chi connectivity index (χ0n) is 13.3.